The molecular formula is C73H125NO8. The second-order valence-electron chi connectivity index (χ2n) is 22.9. The molecule has 0 radical (unpaired) electrons. The second-order valence-corrected chi connectivity index (χ2v) is 22.9. The van der Waals surface area contributed by atoms with Crippen molar-refractivity contribution in [2.45, 2.75) is 320 Å². The summed E-state index contributed by atoms with van der Waals surface area (Å²) in [6, 6.07) is -0.836. The van der Waals surface area contributed by atoms with Crippen LogP contribution in [0, 0.1) is 0 Å². The van der Waals surface area contributed by atoms with Crippen molar-refractivity contribution in [3.05, 3.63) is 122 Å². The molecule has 1 amide bonds. The highest BCUT2D eigenvalue weighted by Crippen LogP contribution is 2.23. The van der Waals surface area contributed by atoms with Gasteiger partial charge in [-0.05, 0) is 103 Å². The van der Waals surface area contributed by atoms with Gasteiger partial charge in [0.2, 0.25) is 5.91 Å². The minimum atomic E-state index is -1.58. The monoisotopic (exact) mass is 1140 g/mol. The van der Waals surface area contributed by atoms with E-state index in [9.17, 15) is 30.3 Å². The molecule has 0 aromatic rings. The molecule has 1 rings (SSSR count). The maximum Gasteiger partial charge on any atom is 0.220 e. The molecule has 0 saturated carbocycles. The number of hydrogen-bond acceptors (Lipinski definition) is 8. The Kier molecular flexibility index (Phi) is 56.7. The Morgan fingerprint density at radius 2 is 0.768 bits per heavy atom. The van der Waals surface area contributed by atoms with Crippen molar-refractivity contribution in [2.24, 2.45) is 0 Å². The van der Waals surface area contributed by atoms with Gasteiger partial charge in [0.05, 0.1) is 25.4 Å². The van der Waals surface area contributed by atoms with Crippen LogP contribution in [0.2, 0.25) is 0 Å². The fourth-order valence-electron chi connectivity index (χ4n) is 9.99. The molecule has 9 heteroatoms. The van der Waals surface area contributed by atoms with Gasteiger partial charge in [0, 0.05) is 6.42 Å². The first-order valence-electron chi connectivity index (χ1n) is 33.8. The van der Waals surface area contributed by atoms with Gasteiger partial charge in [-0.1, -0.05) is 289 Å². The Morgan fingerprint density at radius 1 is 0.427 bits per heavy atom. The molecule has 0 aromatic heterocycles. The smallest absolute Gasteiger partial charge is 0.220 e. The molecule has 1 aliphatic heterocycles. The van der Waals surface area contributed by atoms with Gasteiger partial charge >= 0.3 is 0 Å². The standard InChI is InChI=1S/C73H125NO8/c1-3-5-7-9-11-13-15-17-19-21-23-25-27-28-29-30-31-32-33-34-35-36-37-38-39-40-41-43-45-47-49-51-53-55-57-59-61-63-69(77)74-66(65-81-73-72(80)71(79)70(78)68(64-75)82-73)67(76)62-60-58-56-54-52-50-48-46-44-42-26-24-22-20-18-16-14-12-10-8-6-4-2/h5,7,11,13,17,19,23,25,28-29,31-32,34-35,44,46,52,54,60,62,66-68,70-73,75-76,78-80H,3-4,6,8-10,12,14-16,18,20-22,24,26-27,30,33,36-43,45,47-51,53,55-59,61,63-65H2,1-2H3,(H,74,77)/b7-5-,13-11-,19-17-,25-23-,29-28-,32-31-,35-34-,46-44+,54-52+,62-60+. The predicted octanol–water partition coefficient (Wildman–Crippen LogP) is 18.2. The van der Waals surface area contributed by atoms with Gasteiger partial charge in [-0.15, -0.1) is 0 Å². The first-order valence-corrected chi connectivity index (χ1v) is 33.8. The lowest BCUT2D eigenvalue weighted by Gasteiger charge is -2.40. The molecule has 0 aliphatic carbocycles. The van der Waals surface area contributed by atoms with Gasteiger partial charge in [-0.25, -0.2) is 0 Å². The summed E-state index contributed by atoms with van der Waals surface area (Å²) in [5.41, 5.74) is 0. The lowest BCUT2D eigenvalue weighted by atomic mass is 9.99. The highest BCUT2D eigenvalue weighted by atomic mass is 16.7. The Labute approximate surface area is 503 Å². The number of hydrogen-bond donors (Lipinski definition) is 6. The molecule has 0 spiro atoms. The Hall–Kier alpha value is -3.41. The number of carbonyl (C=O) groups excluding carboxylic acids is 1. The van der Waals surface area contributed by atoms with Gasteiger partial charge in [0.15, 0.2) is 6.29 Å². The predicted molar refractivity (Wildman–Crippen MR) is 350 cm³/mol. The van der Waals surface area contributed by atoms with E-state index in [4.69, 9.17) is 9.47 Å². The highest BCUT2D eigenvalue weighted by molar-refractivity contribution is 5.76. The third kappa shape index (κ3) is 48.9. The number of allylic oxidation sites excluding steroid dienone is 19. The van der Waals surface area contributed by atoms with E-state index in [2.05, 4.69) is 129 Å². The van der Waals surface area contributed by atoms with Gasteiger partial charge in [0.25, 0.3) is 0 Å². The van der Waals surface area contributed by atoms with E-state index >= 15 is 0 Å². The summed E-state index contributed by atoms with van der Waals surface area (Å²) < 4.78 is 11.3. The molecule has 82 heavy (non-hydrogen) atoms. The van der Waals surface area contributed by atoms with Crippen LogP contribution in [0.1, 0.15) is 277 Å². The van der Waals surface area contributed by atoms with Gasteiger partial charge in [0.1, 0.15) is 24.4 Å². The second kappa shape index (κ2) is 60.7. The van der Waals surface area contributed by atoms with Crippen LogP contribution < -0.4 is 5.32 Å². The van der Waals surface area contributed by atoms with Crippen LogP contribution in [0.5, 0.6) is 0 Å². The Bertz CT molecular complexity index is 1710. The first-order chi connectivity index (χ1) is 40.3. The van der Waals surface area contributed by atoms with E-state index in [1.165, 1.54) is 167 Å². The molecule has 0 bridgehead atoms. The number of carbonyl (C=O) groups is 1. The average Bonchev–Trinajstić information content (AvgIpc) is 3.59. The molecule has 9 nitrogen and oxygen atoms in total. The lowest BCUT2D eigenvalue weighted by Crippen LogP contribution is -2.60. The molecule has 0 aromatic carbocycles. The van der Waals surface area contributed by atoms with Crippen molar-refractivity contribution in [1.29, 1.82) is 0 Å². The normalized spacial score (nSPS) is 19.1. The summed E-state index contributed by atoms with van der Waals surface area (Å²) in [6.07, 6.45) is 84.3. The molecule has 1 heterocycles. The van der Waals surface area contributed by atoms with Gasteiger partial charge in [-0.2, -0.15) is 0 Å². The van der Waals surface area contributed by atoms with Crippen LogP contribution in [0.15, 0.2) is 122 Å². The number of aliphatic hydroxyl groups excluding tert-OH is 5. The van der Waals surface area contributed by atoms with Crippen molar-refractivity contribution in [2.75, 3.05) is 13.2 Å². The third-order valence-corrected chi connectivity index (χ3v) is 15.2. The van der Waals surface area contributed by atoms with Gasteiger partial charge < -0.3 is 40.3 Å². The zero-order valence-electron chi connectivity index (χ0n) is 52.5. The third-order valence-electron chi connectivity index (χ3n) is 15.2. The van der Waals surface area contributed by atoms with Crippen LogP contribution >= 0.6 is 0 Å². The Balaban J connectivity index is 2.16. The summed E-state index contributed by atoms with van der Waals surface area (Å²) >= 11 is 0. The molecule has 7 unspecified atom stereocenters. The Morgan fingerprint density at radius 3 is 1.17 bits per heavy atom. The topological polar surface area (TPSA) is 149 Å². The summed E-state index contributed by atoms with van der Waals surface area (Å²) in [5, 5.41) is 54.7. The van der Waals surface area contributed by atoms with E-state index < -0.39 is 49.5 Å². The summed E-state index contributed by atoms with van der Waals surface area (Å²) in [7, 11) is 0. The van der Waals surface area contributed by atoms with Crippen LogP contribution in [-0.4, -0.2) is 87.5 Å². The van der Waals surface area contributed by atoms with E-state index in [0.717, 1.165) is 89.9 Å². The zero-order valence-corrected chi connectivity index (χ0v) is 52.5. The maximum absolute atomic E-state index is 13.1. The fourth-order valence-corrected chi connectivity index (χ4v) is 9.99. The largest absolute Gasteiger partial charge is 0.394 e. The van der Waals surface area contributed by atoms with Gasteiger partial charge in [-0.3, -0.25) is 4.79 Å². The minimum absolute atomic E-state index is 0.193. The van der Waals surface area contributed by atoms with E-state index in [0.29, 0.717) is 6.42 Å². The maximum atomic E-state index is 13.1. The summed E-state index contributed by atoms with van der Waals surface area (Å²) in [4.78, 5) is 13.1. The minimum Gasteiger partial charge on any atom is -0.394 e. The number of aliphatic hydroxyl groups is 5. The summed E-state index contributed by atoms with van der Waals surface area (Å²) in [5.74, 6) is -0.193. The number of unbranched alkanes of at least 4 members (excludes halogenated alkanes) is 29. The van der Waals surface area contributed by atoms with Crippen molar-refractivity contribution >= 4 is 5.91 Å². The van der Waals surface area contributed by atoms with Crippen molar-refractivity contribution in [3.63, 3.8) is 0 Å². The van der Waals surface area contributed by atoms with E-state index in [1.807, 2.05) is 6.08 Å². The van der Waals surface area contributed by atoms with Crippen LogP contribution in [0.4, 0.5) is 0 Å². The van der Waals surface area contributed by atoms with Crippen molar-refractivity contribution in [1.82, 2.24) is 5.32 Å². The molecule has 6 N–H and O–H groups in total. The molecule has 1 fully saturated rings. The molecule has 1 saturated heterocycles. The van der Waals surface area contributed by atoms with Crippen LogP contribution in [0.3, 0.4) is 0 Å². The van der Waals surface area contributed by atoms with Crippen LogP contribution in [0.25, 0.3) is 0 Å². The quantitative estimate of drug-likeness (QED) is 0.0261. The average molecular weight is 1140 g/mol. The van der Waals surface area contributed by atoms with Crippen LogP contribution in [-0.2, 0) is 14.3 Å². The molecule has 7 atom stereocenters. The zero-order chi connectivity index (χ0) is 59.3. The molecule has 470 valence electrons. The molecular weight excluding hydrogens is 1020 g/mol. The SMILES string of the molecule is CC/C=C\C/C=C\C/C=C\C/C=C\C/C=C\C/C=C\C/C=C\CCCCCCCCCCCCCCCCCC(=O)NC(COC1OC(CO)C(O)C(O)C1O)C(O)/C=C/CC/C=C/CC/C=C/CCCCCCCCCCCCCC. The number of amides is 1. The van der Waals surface area contributed by atoms with E-state index in [-0.39, 0.29) is 12.5 Å². The molecule has 1 aliphatic rings. The summed E-state index contributed by atoms with van der Waals surface area (Å²) in [6.45, 7) is 3.66. The highest BCUT2D eigenvalue weighted by Gasteiger charge is 2.44. The number of rotatable bonds is 57. The van der Waals surface area contributed by atoms with Crippen molar-refractivity contribution < 1.29 is 39.8 Å². The first kappa shape index (κ1) is 76.6. The van der Waals surface area contributed by atoms with E-state index in [1.54, 1.807) is 6.08 Å². The number of ether oxygens (including phenoxy) is 2. The van der Waals surface area contributed by atoms with Crippen molar-refractivity contribution in [3.8, 4) is 0 Å². The lowest BCUT2D eigenvalue weighted by molar-refractivity contribution is -0.302. The fraction of sp³-hybridized carbons (Fsp3) is 0.712. The number of nitrogens with one attached hydrogen (secondary N) is 1.